The highest BCUT2D eigenvalue weighted by atomic mass is 32.2. The predicted molar refractivity (Wildman–Crippen MR) is 122 cm³/mol. The molecule has 9 heteroatoms. The van der Waals surface area contributed by atoms with Gasteiger partial charge in [-0.1, -0.05) is 26.0 Å². The molecule has 0 radical (unpaired) electrons. The number of hydrogen-bond donors (Lipinski definition) is 1. The monoisotopic (exact) mass is 458 g/mol. The smallest absolute Gasteiger partial charge is 0.252 e. The van der Waals surface area contributed by atoms with Crippen LogP contribution in [0, 0.1) is 18.7 Å². The molecule has 0 bridgehead atoms. The number of benzene rings is 1. The lowest BCUT2D eigenvalue weighted by atomic mass is 10.0. The Bertz CT molecular complexity index is 1280. The first-order chi connectivity index (χ1) is 15.2. The maximum absolute atomic E-state index is 14.6. The molecular formula is C23H27FN4O3S. The summed E-state index contributed by atoms with van der Waals surface area (Å²) < 4.78 is 40.3. The Labute approximate surface area is 187 Å². The molecule has 3 heterocycles. The van der Waals surface area contributed by atoms with Crippen molar-refractivity contribution in [2.24, 2.45) is 5.92 Å². The normalized spacial score (nSPS) is 17.8. The second-order valence-electron chi connectivity index (χ2n) is 8.76. The molecule has 1 aliphatic heterocycles. The van der Waals surface area contributed by atoms with Crippen LogP contribution in [0.2, 0.25) is 0 Å². The van der Waals surface area contributed by atoms with E-state index in [-0.39, 0.29) is 29.0 Å². The molecule has 0 spiro atoms. The minimum atomic E-state index is -3.15. The molecule has 1 fully saturated rings. The number of nitrogens with zero attached hydrogens (tertiary/aromatic N) is 3. The summed E-state index contributed by atoms with van der Waals surface area (Å²) in [5.74, 6) is -0.220. The van der Waals surface area contributed by atoms with Crippen LogP contribution in [0.5, 0.6) is 0 Å². The number of carbonyl (C=O) groups excluding carboxylic acids is 1. The summed E-state index contributed by atoms with van der Waals surface area (Å²) in [4.78, 5) is 17.8. The molecule has 1 saturated heterocycles. The van der Waals surface area contributed by atoms with Gasteiger partial charge in [-0.25, -0.2) is 22.5 Å². The van der Waals surface area contributed by atoms with Gasteiger partial charge in [-0.2, -0.15) is 5.10 Å². The average molecular weight is 459 g/mol. The Balaban J connectivity index is 1.87. The van der Waals surface area contributed by atoms with Crippen molar-refractivity contribution in [1.29, 1.82) is 0 Å². The molecule has 2 aromatic heterocycles. The van der Waals surface area contributed by atoms with Gasteiger partial charge in [0.1, 0.15) is 5.82 Å². The zero-order valence-corrected chi connectivity index (χ0v) is 19.2. The fourth-order valence-electron chi connectivity index (χ4n) is 4.09. The van der Waals surface area contributed by atoms with Crippen LogP contribution < -0.4 is 5.32 Å². The van der Waals surface area contributed by atoms with Crippen LogP contribution in [-0.4, -0.2) is 47.1 Å². The van der Waals surface area contributed by atoms with E-state index in [2.05, 4.69) is 29.2 Å². The zero-order valence-electron chi connectivity index (χ0n) is 18.4. The van der Waals surface area contributed by atoms with E-state index >= 15 is 0 Å². The summed E-state index contributed by atoms with van der Waals surface area (Å²) >= 11 is 0. The van der Waals surface area contributed by atoms with Crippen LogP contribution in [-0.2, 0) is 9.84 Å². The van der Waals surface area contributed by atoms with Gasteiger partial charge < -0.3 is 5.32 Å². The number of hydrogen-bond acceptors (Lipinski definition) is 5. The van der Waals surface area contributed by atoms with Crippen LogP contribution in [0.25, 0.3) is 22.3 Å². The van der Waals surface area contributed by atoms with E-state index in [4.69, 9.17) is 0 Å². The lowest BCUT2D eigenvalue weighted by Crippen LogP contribution is -2.25. The van der Waals surface area contributed by atoms with E-state index in [0.29, 0.717) is 46.9 Å². The van der Waals surface area contributed by atoms with Crippen LogP contribution in [0.1, 0.15) is 48.8 Å². The van der Waals surface area contributed by atoms with Gasteiger partial charge in [0, 0.05) is 12.1 Å². The Hall–Kier alpha value is -2.81. The lowest BCUT2D eigenvalue weighted by molar-refractivity contribution is 0.0953. The number of pyridine rings is 1. The van der Waals surface area contributed by atoms with Gasteiger partial charge in [0.2, 0.25) is 0 Å². The van der Waals surface area contributed by atoms with Crippen molar-refractivity contribution in [2.45, 2.75) is 39.7 Å². The first kappa shape index (κ1) is 22.4. The van der Waals surface area contributed by atoms with E-state index < -0.39 is 15.7 Å². The lowest BCUT2D eigenvalue weighted by Gasteiger charge is -2.13. The highest BCUT2D eigenvalue weighted by Crippen LogP contribution is 2.32. The molecule has 1 aromatic carbocycles. The van der Waals surface area contributed by atoms with E-state index in [1.807, 2.05) is 0 Å². The van der Waals surface area contributed by atoms with Crippen LogP contribution in [0.3, 0.4) is 0 Å². The number of aryl methyl sites for hydroxylation is 1. The second kappa shape index (κ2) is 8.61. The molecule has 0 saturated carbocycles. The average Bonchev–Trinajstić information content (AvgIpc) is 3.26. The zero-order chi connectivity index (χ0) is 23.0. The van der Waals surface area contributed by atoms with Crippen molar-refractivity contribution in [3.8, 4) is 11.3 Å². The van der Waals surface area contributed by atoms with Gasteiger partial charge in [-0.05, 0) is 43.9 Å². The van der Waals surface area contributed by atoms with Crippen molar-refractivity contribution < 1.29 is 17.6 Å². The topological polar surface area (TPSA) is 93.9 Å². The van der Waals surface area contributed by atoms with Crippen molar-refractivity contribution >= 4 is 26.8 Å². The largest absolute Gasteiger partial charge is 0.352 e. The maximum atomic E-state index is 14.6. The number of nitrogens with one attached hydrogen (secondary N) is 1. The predicted octanol–water partition coefficient (Wildman–Crippen LogP) is 3.68. The van der Waals surface area contributed by atoms with E-state index in [9.17, 15) is 17.6 Å². The van der Waals surface area contributed by atoms with Crippen LogP contribution >= 0.6 is 0 Å². The van der Waals surface area contributed by atoms with Crippen molar-refractivity contribution in [1.82, 2.24) is 20.1 Å². The number of aromatic nitrogens is 3. The highest BCUT2D eigenvalue weighted by molar-refractivity contribution is 7.91. The number of halogens is 1. The Morgan fingerprint density at radius 1 is 1.31 bits per heavy atom. The summed E-state index contributed by atoms with van der Waals surface area (Å²) in [5, 5.41) is 8.07. The fourth-order valence-corrected chi connectivity index (χ4v) is 5.78. The van der Waals surface area contributed by atoms with E-state index in [1.54, 1.807) is 35.9 Å². The third-order valence-corrected chi connectivity index (χ3v) is 7.54. The summed E-state index contributed by atoms with van der Waals surface area (Å²) in [7, 11) is -3.15. The van der Waals surface area contributed by atoms with Gasteiger partial charge in [0.05, 0.1) is 39.9 Å². The molecule has 1 atom stereocenters. The third kappa shape index (κ3) is 4.39. The minimum Gasteiger partial charge on any atom is -0.352 e. The summed E-state index contributed by atoms with van der Waals surface area (Å²) in [6, 6.07) is 7.48. The van der Waals surface area contributed by atoms with Gasteiger partial charge in [0.25, 0.3) is 5.91 Å². The number of fused-ring (bicyclic) bond motifs is 1. The molecule has 32 heavy (non-hydrogen) atoms. The van der Waals surface area contributed by atoms with Crippen LogP contribution in [0.15, 0.2) is 30.3 Å². The standard InChI is InChI=1S/C23H27FN4O3S/c1-14(2)8-10-25-23(29)18-12-20(17-6-4-5-7-19(17)24)26-22-21(18)15(3)27-28(22)16-9-11-32(30,31)13-16/h4-7,12,14,16H,8-11,13H2,1-3H3,(H,25,29). The van der Waals surface area contributed by atoms with Gasteiger partial charge in [-0.15, -0.1) is 0 Å². The molecule has 170 valence electrons. The Morgan fingerprint density at radius 2 is 2.06 bits per heavy atom. The molecule has 0 aliphatic carbocycles. The van der Waals surface area contributed by atoms with Crippen molar-refractivity contribution in [3.63, 3.8) is 0 Å². The number of carbonyl (C=O) groups is 1. The van der Waals surface area contributed by atoms with Gasteiger partial charge in [-0.3, -0.25) is 4.79 Å². The van der Waals surface area contributed by atoms with Gasteiger partial charge >= 0.3 is 0 Å². The minimum absolute atomic E-state index is 0.0231. The quantitative estimate of drug-likeness (QED) is 0.608. The molecule has 1 aliphatic rings. The van der Waals surface area contributed by atoms with Crippen LogP contribution in [0.4, 0.5) is 4.39 Å². The molecule has 1 amide bonds. The third-order valence-electron chi connectivity index (χ3n) is 5.79. The van der Waals surface area contributed by atoms with Gasteiger partial charge in [0.15, 0.2) is 15.5 Å². The SMILES string of the molecule is Cc1nn(C2CCS(=O)(=O)C2)c2nc(-c3ccccc3F)cc(C(=O)NCCC(C)C)c12. The first-order valence-electron chi connectivity index (χ1n) is 10.8. The number of sulfone groups is 1. The van der Waals surface area contributed by atoms with E-state index in [0.717, 1.165) is 6.42 Å². The highest BCUT2D eigenvalue weighted by Gasteiger charge is 2.32. The fraction of sp³-hybridized carbons (Fsp3) is 0.435. The molecule has 3 aromatic rings. The molecule has 4 rings (SSSR count). The summed E-state index contributed by atoms with van der Waals surface area (Å²) in [5.41, 5.74) is 1.94. The number of rotatable bonds is 6. The number of amides is 1. The van der Waals surface area contributed by atoms with E-state index in [1.165, 1.54) is 6.07 Å². The van der Waals surface area contributed by atoms with Crippen molar-refractivity contribution in [3.05, 3.63) is 47.4 Å². The summed E-state index contributed by atoms with van der Waals surface area (Å²) in [6.45, 7) is 6.45. The Kier molecular flexibility index (Phi) is 6.03. The summed E-state index contributed by atoms with van der Waals surface area (Å²) in [6.07, 6.45) is 1.26. The molecule has 1 unspecified atom stereocenters. The Morgan fingerprint density at radius 3 is 2.72 bits per heavy atom. The first-order valence-corrected chi connectivity index (χ1v) is 12.6. The maximum Gasteiger partial charge on any atom is 0.252 e. The second-order valence-corrected chi connectivity index (χ2v) is 11.0. The van der Waals surface area contributed by atoms with Crippen molar-refractivity contribution in [2.75, 3.05) is 18.1 Å². The molecular weight excluding hydrogens is 431 g/mol. The molecule has 7 nitrogen and oxygen atoms in total. The molecule has 1 N–H and O–H groups in total.